The van der Waals surface area contributed by atoms with Crippen LogP contribution in [-0.4, -0.2) is 61.5 Å². The van der Waals surface area contributed by atoms with Crippen LogP contribution in [0.15, 0.2) is 121 Å². The molecule has 0 bridgehead atoms. The predicted molar refractivity (Wildman–Crippen MR) is 190 cm³/mol. The van der Waals surface area contributed by atoms with E-state index < -0.39 is 35.6 Å². The molecule has 49 heavy (non-hydrogen) atoms. The van der Waals surface area contributed by atoms with Crippen LogP contribution in [0.25, 0.3) is 0 Å². The molecule has 10 nitrogen and oxygen atoms in total. The minimum atomic E-state index is -1.34. The number of benzene rings is 4. The van der Waals surface area contributed by atoms with E-state index in [1.54, 1.807) is 48.5 Å². The molecule has 11 heteroatoms. The maximum absolute atomic E-state index is 12.8. The number of hydrogen-bond donors (Lipinski definition) is 2. The number of carbonyl (C=O) groups excluding carboxylic acids is 4. The second-order valence-corrected chi connectivity index (χ2v) is 11.0. The number of rotatable bonds is 16. The van der Waals surface area contributed by atoms with Gasteiger partial charge in [-0.1, -0.05) is 112 Å². The van der Waals surface area contributed by atoms with E-state index in [2.05, 4.69) is 10.9 Å². The summed E-state index contributed by atoms with van der Waals surface area (Å²) in [6.45, 7) is 3.90. The molecular formula is C38H42CaN4O6. The predicted octanol–water partition coefficient (Wildman–Crippen LogP) is 4.83. The van der Waals surface area contributed by atoms with Crippen molar-refractivity contribution < 1.29 is 29.4 Å². The van der Waals surface area contributed by atoms with Crippen LogP contribution >= 0.6 is 0 Å². The van der Waals surface area contributed by atoms with E-state index in [0.29, 0.717) is 35.6 Å². The molecule has 0 fully saturated rings. The number of nitrogens with zero attached hydrogens (tertiary/aromatic N) is 2. The van der Waals surface area contributed by atoms with Crippen molar-refractivity contribution in [3.63, 3.8) is 0 Å². The van der Waals surface area contributed by atoms with E-state index in [1.807, 2.05) is 86.6 Å². The zero-order valence-electron chi connectivity index (χ0n) is 28.0. The summed E-state index contributed by atoms with van der Waals surface area (Å²) >= 11 is 0. The summed E-state index contributed by atoms with van der Waals surface area (Å²) in [7, 11) is 0. The molecule has 0 aromatic heterocycles. The van der Waals surface area contributed by atoms with Gasteiger partial charge >= 0.3 is 37.7 Å². The summed E-state index contributed by atoms with van der Waals surface area (Å²) < 4.78 is 0. The fourth-order valence-electron chi connectivity index (χ4n) is 4.74. The summed E-state index contributed by atoms with van der Waals surface area (Å²) in [6.07, 6.45) is 3.45. The molecule has 0 aliphatic heterocycles. The Morgan fingerprint density at radius 1 is 0.531 bits per heavy atom. The Labute approximate surface area is 318 Å². The first-order valence-electron chi connectivity index (χ1n) is 16.1. The Bertz CT molecular complexity index is 1440. The smallest absolute Gasteiger partial charge is 0.549 e. The van der Waals surface area contributed by atoms with Gasteiger partial charge in [0, 0.05) is 0 Å². The summed E-state index contributed by atoms with van der Waals surface area (Å²) in [5.74, 6) is -6.10. The van der Waals surface area contributed by atoms with Gasteiger partial charge in [-0.2, -0.15) is 0 Å². The Morgan fingerprint density at radius 3 is 1.08 bits per heavy atom. The van der Waals surface area contributed by atoms with Crippen LogP contribution in [0.4, 0.5) is 22.7 Å². The fraction of sp³-hybridized carbons (Fsp3) is 0.263. The van der Waals surface area contributed by atoms with Gasteiger partial charge in [-0.15, -0.1) is 0 Å². The van der Waals surface area contributed by atoms with Gasteiger partial charge in [-0.25, -0.2) is 10.0 Å². The van der Waals surface area contributed by atoms with Crippen LogP contribution in [0, 0.1) is 11.8 Å². The van der Waals surface area contributed by atoms with Crippen molar-refractivity contribution in [3.05, 3.63) is 121 Å². The Kier molecular flexibility index (Phi) is 18.6. The van der Waals surface area contributed by atoms with Crippen molar-refractivity contribution in [1.29, 1.82) is 0 Å². The van der Waals surface area contributed by atoms with Crippen molar-refractivity contribution in [1.82, 2.24) is 0 Å². The maximum atomic E-state index is 12.8. The first-order valence-corrected chi connectivity index (χ1v) is 16.1. The molecular weight excluding hydrogens is 649 g/mol. The molecule has 0 spiro atoms. The Hall–Kier alpha value is -4.38. The molecule has 0 heterocycles. The Balaban J connectivity index is 0.000000333. The number of aliphatic carboxylic acids is 2. The van der Waals surface area contributed by atoms with E-state index in [1.165, 1.54) is 10.0 Å². The minimum absolute atomic E-state index is 0. The number of carbonyl (C=O) groups is 4. The van der Waals surface area contributed by atoms with Crippen LogP contribution in [0.1, 0.15) is 52.4 Å². The molecule has 2 amide bonds. The van der Waals surface area contributed by atoms with Crippen molar-refractivity contribution >= 4 is 84.2 Å². The zero-order chi connectivity index (χ0) is 34.7. The third-order valence-electron chi connectivity index (χ3n) is 7.36. The van der Waals surface area contributed by atoms with Gasteiger partial charge in [0.1, 0.15) is 0 Å². The number of amides is 2. The monoisotopic (exact) mass is 690 g/mol. The quantitative estimate of drug-likeness (QED) is 0.0967. The standard InChI is InChI=1S/2C19H22N2O3.Ca/c2*1-2-3-14-17(19(23)24)18(22)21(16-12-8-5-9-13-16)20-15-10-6-4-7-11-15;/h2*4-13,17,20H,2-3,14H2,1H3,(H,23,24);/q;;+2/p-2/t2*17-;/m11./s1. The van der Waals surface area contributed by atoms with E-state index in [0.717, 1.165) is 12.8 Å². The third-order valence-corrected chi connectivity index (χ3v) is 7.36. The van der Waals surface area contributed by atoms with Crippen molar-refractivity contribution in [2.24, 2.45) is 11.8 Å². The van der Waals surface area contributed by atoms with Gasteiger partial charge in [0.15, 0.2) is 0 Å². The molecule has 0 radical (unpaired) electrons. The van der Waals surface area contributed by atoms with Crippen LogP contribution in [0.5, 0.6) is 0 Å². The largest absolute Gasteiger partial charge is 2.00 e. The molecule has 0 aliphatic carbocycles. The van der Waals surface area contributed by atoms with E-state index in [9.17, 15) is 29.4 Å². The number of para-hydroxylation sites is 4. The van der Waals surface area contributed by atoms with Crippen molar-refractivity contribution in [2.75, 3.05) is 20.9 Å². The van der Waals surface area contributed by atoms with Gasteiger partial charge < -0.3 is 19.8 Å². The third kappa shape index (κ3) is 13.2. The van der Waals surface area contributed by atoms with Gasteiger partial charge in [-0.05, 0) is 61.4 Å². The van der Waals surface area contributed by atoms with Crippen molar-refractivity contribution in [3.8, 4) is 0 Å². The minimum Gasteiger partial charge on any atom is -0.549 e. The molecule has 4 rings (SSSR count). The molecule has 0 saturated carbocycles. The molecule has 0 unspecified atom stereocenters. The second kappa shape index (κ2) is 22.3. The SMILES string of the molecule is CCCC[C@@H](C(=O)[O-])C(=O)N(Nc1ccccc1)c1ccccc1.CCCC[C@@H](C(=O)[O-])C(=O)N(Nc1ccccc1)c1ccccc1.[Ca+2]. The van der Waals surface area contributed by atoms with Gasteiger partial charge in [0.2, 0.25) is 0 Å². The maximum Gasteiger partial charge on any atom is 2.00 e. The first kappa shape index (κ1) is 40.8. The summed E-state index contributed by atoms with van der Waals surface area (Å²) in [5.41, 5.74) is 8.55. The van der Waals surface area contributed by atoms with Crippen molar-refractivity contribution in [2.45, 2.75) is 52.4 Å². The van der Waals surface area contributed by atoms with Crippen LogP contribution in [0.3, 0.4) is 0 Å². The number of hydrazine groups is 2. The van der Waals surface area contributed by atoms with Crippen LogP contribution in [-0.2, 0) is 19.2 Å². The Morgan fingerprint density at radius 2 is 0.816 bits per heavy atom. The summed E-state index contributed by atoms with van der Waals surface area (Å²) in [4.78, 5) is 48.6. The first-order chi connectivity index (χ1) is 23.3. The molecule has 2 N–H and O–H groups in total. The number of anilines is 4. The summed E-state index contributed by atoms with van der Waals surface area (Å²) in [6, 6.07) is 36.2. The van der Waals surface area contributed by atoms with Crippen LogP contribution in [0.2, 0.25) is 0 Å². The average Bonchev–Trinajstić information content (AvgIpc) is 3.11. The average molecular weight is 691 g/mol. The van der Waals surface area contributed by atoms with E-state index in [-0.39, 0.29) is 50.6 Å². The number of unbranched alkanes of at least 4 members (excludes halogenated alkanes) is 2. The molecule has 2 atom stereocenters. The number of carboxylic acids is 2. The molecule has 4 aromatic rings. The van der Waals surface area contributed by atoms with Crippen LogP contribution < -0.4 is 31.1 Å². The molecule has 0 saturated heterocycles. The van der Waals surface area contributed by atoms with Gasteiger partial charge in [0.25, 0.3) is 11.8 Å². The molecule has 4 aromatic carbocycles. The second-order valence-electron chi connectivity index (χ2n) is 11.0. The number of carboxylic acid groups (broad SMARTS) is 2. The van der Waals surface area contributed by atoms with E-state index in [4.69, 9.17) is 0 Å². The number of hydrogen-bond acceptors (Lipinski definition) is 8. The molecule has 252 valence electrons. The van der Waals surface area contributed by atoms with Gasteiger partial charge in [-0.3, -0.25) is 20.4 Å². The number of nitrogens with one attached hydrogen (secondary N) is 2. The molecule has 0 aliphatic rings. The fourth-order valence-corrected chi connectivity index (χ4v) is 4.74. The van der Waals surface area contributed by atoms with Gasteiger partial charge in [0.05, 0.1) is 46.5 Å². The zero-order valence-corrected chi connectivity index (χ0v) is 30.2. The summed E-state index contributed by atoms with van der Waals surface area (Å²) in [5, 5.41) is 25.5. The normalized spacial score (nSPS) is 11.3. The topological polar surface area (TPSA) is 145 Å². The van der Waals surface area contributed by atoms with E-state index >= 15 is 0 Å².